The second-order valence-electron chi connectivity index (χ2n) is 6.93. The second kappa shape index (κ2) is 9.75. The van der Waals surface area contributed by atoms with Gasteiger partial charge in [0.25, 0.3) is 0 Å². The number of hydrogen-bond donors (Lipinski definition) is 4. The topological polar surface area (TPSA) is 98.9 Å². The SMILES string of the molecule is O=C(CCNC(=O)NC1CCCCC1)NCc1ccc(-c2ccn[nH]2)cc1. The minimum atomic E-state index is -0.177. The number of aromatic amines is 1. The average Bonchev–Trinajstić information content (AvgIpc) is 3.22. The summed E-state index contributed by atoms with van der Waals surface area (Å²) in [7, 11) is 0. The van der Waals surface area contributed by atoms with Crippen molar-refractivity contribution in [3.63, 3.8) is 0 Å². The largest absolute Gasteiger partial charge is 0.352 e. The highest BCUT2D eigenvalue weighted by Gasteiger charge is 2.15. The van der Waals surface area contributed by atoms with Crippen LogP contribution in [0, 0.1) is 0 Å². The third kappa shape index (κ3) is 6.13. The highest BCUT2D eigenvalue weighted by Crippen LogP contribution is 2.17. The smallest absolute Gasteiger partial charge is 0.315 e. The molecule has 7 heteroatoms. The molecule has 144 valence electrons. The van der Waals surface area contributed by atoms with E-state index in [0.29, 0.717) is 13.1 Å². The number of nitrogens with one attached hydrogen (secondary N) is 4. The Morgan fingerprint density at radius 2 is 1.81 bits per heavy atom. The van der Waals surface area contributed by atoms with Crippen LogP contribution in [0.2, 0.25) is 0 Å². The zero-order chi connectivity index (χ0) is 18.9. The zero-order valence-corrected chi connectivity index (χ0v) is 15.5. The molecule has 7 nitrogen and oxygen atoms in total. The molecule has 1 fully saturated rings. The van der Waals surface area contributed by atoms with Crippen LogP contribution in [-0.2, 0) is 11.3 Å². The van der Waals surface area contributed by atoms with E-state index in [1.54, 1.807) is 6.20 Å². The summed E-state index contributed by atoms with van der Waals surface area (Å²) in [5.74, 6) is -0.0781. The van der Waals surface area contributed by atoms with Crippen molar-refractivity contribution < 1.29 is 9.59 Å². The second-order valence-corrected chi connectivity index (χ2v) is 6.93. The van der Waals surface area contributed by atoms with Gasteiger partial charge in [0, 0.05) is 31.7 Å². The van der Waals surface area contributed by atoms with Crippen LogP contribution >= 0.6 is 0 Å². The zero-order valence-electron chi connectivity index (χ0n) is 15.5. The van der Waals surface area contributed by atoms with Crippen LogP contribution in [-0.4, -0.2) is 34.7 Å². The van der Waals surface area contributed by atoms with Crippen molar-refractivity contribution in [3.05, 3.63) is 42.1 Å². The van der Waals surface area contributed by atoms with Crippen molar-refractivity contribution in [2.45, 2.75) is 51.1 Å². The van der Waals surface area contributed by atoms with Crippen molar-refractivity contribution in [2.24, 2.45) is 0 Å². The summed E-state index contributed by atoms with van der Waals surface area (Å²) in [6, 6.07) is 9.95. The molecule has 1 heterocycles. The van der Waals surface area contributed by atoms with Gasteiger partial charge in [0.15, 0.2) is 0 Å². The molecule has 1 saturated carbocycles. The predicted molar refractivity (Wildman–Crippen MR) is 104 cm³/mol. The number of hydrogen-bond acceptors (Lipinski definition) is 3. The highest BCUT2D eigenvalue weighted by atomic mass is 16.2. The first-order chi connectivity index (χ1) is 13.2. The van der Waals surface area contributed by atoms with E-state index in [-0.39, 0.29) is 24.4 Å². The molecule has 0 bridgehead atoms. The first-order valence-electron chi connectivity index (χ1n) is 9.60. The Morgan fingerprint density at radius 3 is 2.52 bits per heavy atom. The number of carbonyl (C=O) groups excluding carboxylic acids is 2. The Hall–Kier alpha value is -2.83. The van der Waals surface area contributed by atoms with E-state index in [4.69, 9.17) is 0 Å². The van der Waals surface area contributed by atoms with Gasteiger partial charge in [0.1, 0.15) is 0 Å². The molecule has 1 aromatic carbocycles. The maximum Gasteiger partial charge on any atom is 0.315 e. The molecule has 4 N–H and O–H groups in total. The summed E-state index contributed by atoms with van der Waals surface area (Å²) < 4.78 is 0. The Labute approximate surface area is 159 Å². The third-order valence-electron chi connectivity index (χ3n) is 4.83. The summed E-state index contributed by atoms with van der Waals surface area (Å²) in [6.45, 7) is 0.805. The molecule has 3 rings (SSSR count). The Morgan fingerprint density at radius 1 is 1.04 bits per heavy atom. The lowest BCUT2D eigenvalue weighted by atomic mass is 9.96. The third-order valence-corrected chi connectivity index (χ3v) is 4.83. The van der Waals surface area contributed by atoms with E-state index >= 15 is 0 Å². The number of nitrogens with zero attached hydrogens (tertiary/aromatic N) is 1. The van der Waals surface area contributed by atoms with Gasteiger partial charge in [-0.1, -0.05) is 43.5 Å². The number of rotatable bonds is 7. The van der Waals surface area contributed by atoms with Gasteiger partial charge >= 0.3 is 6.03 Å². The number of amides is 3. The van der Waals surface area contributed by atoms with E-state index in [1.807, 2.05) is 30.3 Å². The Balaban J connectivity index is 1.31. The van der Waals surface area contributed by atoms with Crippen molar-refractivity contribution in [3.8, 4) is 11.3 Å². The molecule has 27 heavy (non-hydrogen) atoms. The lowest BCUT2D eigenvalue weighted by Crippen LogP contribution is -2.43. The summed E-state index contributed by atoms with van der Waals surface area (Å²) in [5.41, 5.74) is 3.04. The Kier molecular flexibility index (Phi) is 6.84. The molecule has 0 unspecified atom stereocenters. The fourth-order valence-corrected chi connectivity index (χ4v) is 3.28. The van der Waals surface area contributed by atoms with Crippen LogP contribution in [0.5, 0.6) is 0 Å². The molecule has 2 aromatic rings. The van der Waals surface area contributed by atoms with Gasteiger partial charge in [0.05, 0.1) is 5.69 Å². The molecule has 1 aliphatic rings. The molecule has 3 amide bonds. The molecule has 1 aromatic heterocycles. The van der Waals surface area contributed by atoms with Crippen molar-refractivity contribution in [2.75, 3.05) is 6.54 Å². The fourth-order valence-electron chi connectivity index (χ4n) is 3.28. The predicted octanol–water partition coefficient (Wildman–Crippen LogP) is 2.71. The molecule has 0 aliphatic heterocycles. The highest BCUT2D eigenvalue weighted by molar-refractivity contribution is 5.78. The van der Waals surface area contributed by atoms with E-state index in [0.717, 1.165) is 29.7 Å². The summed E-state index contributed by atoms with van der Waals surface area (Å²) in [6.07, 6.45) is 7.69. The van der Waals surface area contributed by atoms with Crippen molar-refractivity contribution in [1.29, 1.82) is 0 Å². The first kappa shape index (κ1) is 18.9. The van der Waals surface area contributed by atoms with Crippen molar-refractivity contribution in [1.82, 2.24) is 26.1 Å². The molecule has 0 saturated heterocycles. The maximum absolute atomic E-state index is 11.9. The first-order valence-corrected chi connectivity index (χ1v) is 9.60. The van der Waals surface area contributed by atoms with E-state index in [1.165, 1.54) is 19.3 Å². The quantitative estimate of drug-likeness (QED) is 0.604. The molecular weight excluding hydrogens is 342 g/mol. The van der Waals surface area contributed by atoms with E-state index < -0.39 is 0 Å². The monoisotopic (exact) mass is 369 g/mol. The summed E-state index contributed by atoms with van der Waals surface area (Å²) in [5, 5.41) is 15.5. The van der Waals surface area contributed by atoms with Gasteiger partial charge in [-0.05, 0) is 30.0 Å². The molecule has 0 spiro atoms. The lowest BCUT2D eigenvalue weighted by Gasteiger charge is -2.22. The van der Waals surface area contributed by atoms with Crippen molar-refractivity contribution >= 4 is 11.9 Å². The maximum atomic E-state index is 11.9. The summed E-state index contributed by atoms with van der Waals surface area (Å²) >= 11 is 0. The van der Waals surface area contributed by atoms with Gasteiger partial charge in [-0.3, -0.25) is 9.89 Å². The minimum absolute atomic E-state index is 0.0781. The normalized spacial score (nSPS) is 14.5. The molecule has 1 aliphatic carbocycles. The Bertz CT molecular complexity index is 721. The summed E-state index contributed by atoms with van der Waals surface area (Å²) in [4.78, 5) is 23.8. The number of benzene rings is 1. The number of aromatic nitrogens is 2. The van der Waals surface area contributed by atoms with E-state index in [9.17, 15) is 9.59 Å². The van der Waals surface area contributed by atoms with Gasteiger partial charge in [0.2, 0.25) is 5.91 Å². The number of H-pyrrole nitrogens is 1. The van der Waals surface area contributed by atoms with Crippen LogP contribution in [0.3, 0.4) is 0 Å². The number of carbonyl (C=O) groups is 2. The van der Waals surface area contributed by atoms with Gasteiger partial charge in [-0.15, -0.1) is 0 Å². The number of urea groups is 1. The lowest BCUT2D eigenvalue weighted by molar-refractivity contribution is -0.121. The van der Waals surface area contributed by atoms with Crippen LogP contribution in [0.15, 0.2) is 36.5 Å². The van der Waals surface area contributed by atoms with Gasteiger partial charge < -0.3 is 16.0 Å². The average molecular weight is 369 g/mol. The van der Waals surface area contributed by atoms with Crippen LogP contribution < -0.4 is 16.0 Å². The van der Waals surface area contributed by atoms with Crippen LogP contribution in [0.4, 0.5) is 4.79 Å². The molecule has 0 atom stereocenters. The fraction of sp³-hybridized carbons (Fsp3) is 0.450. The standard InChI is InChI=1S/C20H27N5O2/c26-19(11-12-21-20(27)24-17-4-2-1-3-5-17)22-14-15-6-8-16(9-7-15)18-10-13-23-25-18/h6-10,13,17H,1-5,11-12,14H2,(H,22,26)(H,23,25)(H2,21,24,27). The molecule has 0 radical (unpaired) electrons. The molecular formula is C20H27N5O2. The van der Waals surface area contributed by atoms with Crippen LogP contribution in [0.25, 0.3) is 11.3 Å². The van der Waals surface area contributed by atoms with Gasteiger partial charge in [-0.2, -0.15) is 5.10 Å². The van der Waals surface area contributed by atoms with Crippen LogP contribution in [0.1, 0.15) is 44.1 Å². The van der Waals surface area contributed by atoms with E-state index in [2.05, 4.69) is 26.1 Å². The minimum Gasteiger partial charge on any atom is -0.352 e. The van der Waals surface area contributed by atoms with Gasteiger partial charge in [-0.25, -0.2) is 4.79 Å².